The number of benzene rings is 1. The number of carbonyl (C=O) groups excluding carboxylic acids is 2. The fourth-order valence-electron chi connectivity index (χ4n) is 0.753. The predicted octanol–water partition coefficient (Wildman–Crippen LogP) is 0.922. The zero-order valence-corrected chi connectivity index (χ0v) is 5.70. The topological polar surface area (TPSA) is 57.9 Å². The molecule has 0 saturated carbocycles. The van der Waals surface area contributed by atoms with Crippen molar-refractivity contribution in [3.8, 4) is 0 Å². The Morgan fingerprint density at radius 1 is 1.45 bits per heavy atom. The molecule has 1 radical (unpaired) electrons. The fraction of sp³-hybridized carbons (Fsp3) is 0. The van der Waals surface area contributed by atoms with Gasteiger partial charge < -0.3 is 0 Å². The van der Waals surface area contributed by atoms with Gasteiger partial charge in [0.05, 0.1) is 0 Å². The molecule has 1 N–H and O–H groups in total. The lowest BCUT2D eigenvalue weighted by Crippen LogP contribution is -1.98. The zero-order chi connectivity index (χ0) is 8.27. The lowest BCUT2D eigenvalue weighted by Gasteiger charge is -1.93. The molecule has 55 valence electrons. The minimum absolute atomic E-state index is 0.245. The summed E-state index contributed by atoms with van der Waals surface area (Å²) in [7, 11) is 0. The first kappa shape index (κ1) is 7.47. The van der Waals surface area contributed by atoms with E-state index in [4.69, 9.17) is 5.73 Å². The molecule has 0 spiro atoms. The minimum atomic E-state index is -0.770. The molecule has 0 atom stereocenters. The second-order valence-electron chi connectivity index (χ2n) is 2.07. The van der Waals surface area contributed by atoms with Gasteiger partial charge in [0.2, 0.25) is 0 Å². The van der Waals surface area contributed by atoms with E-state index >= 15 is 0 Å². The van der Waals surface area contributed by atoms with Crippen LogP contribution < -0.4 is 5.73 Å². The first-order valence-electron chi connectivity index (χ1n) is 3.05. The van der Waals surface area contributed by atoms with E-state index in [0.717, 1.165) is 0 Å². The average molecular weight is 148 g/mol. The molecule has 0 aromatic heterocycles. The molecule has 0 aliphatic rings. The van der Waals surface area contributed by atoms with E-state index in [1.807, 2.05) is 0 Å². The van der Waals surface area contributed by atoms with Crippen LogP contribution in [-0.4, -0.2) is 12.2 Å². The molecule has 0 unspecified atom stereocenters. The van der Waals surface area contributed by atoms with Crippen molar-refractivity contribution in [2.24, 2.45) is 0 Å². The Morgan fingerprint density at radius 2 is 2.18 bits per heavy atom. The molecular formula is C8H6NO2. The van der Waals surface area contributed by atoms with Crippen molar-refractivity contribution >= 4 is 12.2 Å². The van der Waals surface area contributed by atoms with Gasteiger partial charge in [-0.15, -0.1) is 0 Å². The molecule has 3 heteroatoms. The first-order chi connectivity index (χ1) is 5.24. The summed E-state index contributed by atoms with van der Waals surface area (Å²) in [5.41, 5.74) is 7.40. The normalized spacial score (nSPS) is 9.09. The van der Waals surface area contributed by atoms with Crippen molar-refractivity contribution in [3.63, 3.8) is 0 Å². The van der Waals surface area contributed by atoms with E-state index in [2.05, 4.69) is 0 Å². The Morgan fingerprint density at radius 3 is 2.73 bits per heavy atom. The van der Waals surface area contributed by atoms with Crippen molar-refractivity contribution in [3.05, 3.63) is 35.4 Å². The second-order valence-corrected chi connectivity index (χ2v) is 2.07. The maximum Gasteiger partial charge on any atom is 0.269 e. The number of nitrogens with one attached hydrogen (secondary N) is 1. The first-order valence-corrected chi connectivity index (χ1v) is 3.05. The van der Waals surface area contributed by atoms with E-state index in [-0.39, 0.29) is 5.56 Å². The highest BCUT2D eigenvalue weighted by Crippen LogP contribution is 2.01. The Balaban J connectivity index is 3.10. The van der Waals surface area contributed by atoms with Crippen molar-refractivity contribution in [1.82, 2.24) is 5.73 Å². The second kappa shape index (κ2) is 2.96. The maximum atomic E-state index is 10.5. The Kier molecular flexibility index (Phi) is 2.01. The van der Waals surface area contributed by atoms with Crippen LogP contribution in [0.5, 0.6) is 0 Å². The summed E-state index contributed by atoms with van der Waals surface area (Å²) in [6.07, 6.45) is 0.645. The van der Waals surface area contributed by atoms with Crippen LogP contribution in [0.25, 0.3) is 0 Å². The molecule has 1 rings (SSSR count). The molecule has 11 heavy (non-hydrogen) atoms. The summed E-state index contributed by atoms with van der Waals surface area (Å²) in [6.45, 7) is 0. The number of amides is 1. The molecule has 0 aliphatic heterocycles. The Bertz CT molecular complexity index is 294. The highest BCUT2D eigenvalue weighted by molar-refractivity contribution is 5.93. The van der Waals surface area contributed by atoms with Crippen LogP contribution in [0.3, 0.4) is 0 Å². The third kappa shape index (κ3) is 1.64. The number of rotatable bonds is 2. The standard InChI is InChI=1S/C8H6NO2/c9-8(11)7-3-1-2-6(4-7)5-10/h1-5,9H. The summed E-state index contributed by atoms with van der Waals surface area (Å²) in [6, 6.07) is 6.05. The molecule has 1 amide bonds. The van der Waals surface area contributed by atoms with Gasteiger partial charge in [-0.2, -0.15) is 0 Å². The van der Waals surface area contributed by atoms with Crippen LogP contribution in [0.1, 0.15) is 20.7 Å². The quantitative estimate of drug-likeness (QED) is 0.585. The average Bonchev–Trinajstić information content (AvgIpc) is 2.05. The highest BCUT2D eigenvalue weighted by atomic mass is 16.1. The van der Waals surface area contributed by atoms with Crippen LogP contribution in [-0.2, 0) is 0 Å². The largest absolute Gasteiger partial charge is 0.298 e. The maximum absolute atomic E-state index is 10.5. The summed E-state index contributed by atoms with van der Waals surface area (Å²) in [5.74, 6) is -0.770. The van der Waals surface area contributed by atoms with Crippen LogP contribution in [0.15, 0.2) is 24.3 Å². The summed E-state index contributed by atoms with van der Waals surface area (Å²) in [5, 5.41) is 0. The molecule has 0 bridgehead atoms. The number of aldehydes is 1. The predicted molar refractivity (Wildman–Crippen MR) is 39.3 cm³/mol. The highest BCUT2D eigenvalue weighted by Gasteiger charge is 1.99. The lowest BCUT2D eigenvalue weighted by atomic mass is 10.1. The molecule has 3 nitrogen and oxygen atoms in total. The van der Waals surface area contributed by atoms with Gasteiger partial charge >= 0.3 is 0 Å². The van der Waals surface area contributed by atoms with Gasteiger partial charge in [0.25, 0.3) is 5.91 Å². The van der Waals surface area contributed by atoms with E-state index in [9.17, 15) is 9.59 Å². The fourth-order valence-corrected chi connectivity index (χ4v) is 0.753. The number of hydrogen-bond acceptors (Lipinski definition) is 2. The van der Waals surface area contributed by atoms with Crippen LogP contribution >= 0.6 is 0 Å². The van der Waals surface area contributed by atoms with Gasteiger partial charge in [-0.3, -0.25) is 15.3 Å². The molecule has 1 aromatic rings. The van der Waals surface area contributed by atoms with Crippen molar-refractivity contribution in [1.29, 1.82) is 0 Å². The summed E-state index contributed by atoms with van der Waals surface area (Å²) < 4.78 is 0. The third-order valence-corrected chi connectivity index (χ3v) is 1.28. The molecule has 0 fully saturated rings. The van der Waals surface area contributed by atoms with E-state index in [1.54, 1.807) is 12.1 Å². The van der Waals surface area contributed by atoms with Gasteiger partial charge in [-0.25, -0.2) is 0 Å². The van der Waals surface area contributed by atoms with Gasteiger partial charge in [-0.1, -0.05) is 12.1 Å². The number of hydrogen-bond donors (Lipinski definition) is 0. The summed E-state index contributed by atoms with van der Waals surface area (Å²) in [4.78, 5) is 20.7. The molecular weight excluding hydrogens is 142 g/mol. The SMILES string of the molecule is [NH]C(=O)c1cccc(C=O)c1. The smallest absolute Gasteiger partial charge is 0.269 e. The van der Waals surface area contributed by atoms with Crippen LogP contribution in [0, 0.1) is 0 Å². The van der Waals surface area contributed by atoms with Gasteiger partial charge in [-0.05, 0) is 12.1 Å². The van der Waals surface area contributed by atoms with Gasteiger partial charge in [0.15, 0.2) is 0 Å². The molecule has 0 heterocycles. The van der Waals surface area contributed by atoms with Gasteiger partial charge in [0.1, 0.15) is 6.29 Å². The van der Waals surface area contributed by atoms with E-state index < -0.39 is 5.91 Å². The Hall–Kier alpha value is -1.64. The zero-order valence-electron chi connectivity index (χ0n) is 5.70. The van der Waals surface area contributed by atoms with Crippen molar-refractivity contribution in [2.45, 2.75) is 0 Å². The Labute approximate surface area is 63.8 Å². The minimum Gasteiger partial charge on any atom is -0.298 e. The lowest BCUT2D eigenvalue weighted by molar-refractivity contribution is 0.0992. The van der Waals surface area contributed by atoms with Crippen LogP contribution in [0.4, 0.5) is 0 Å². The third-order valence-electron chi connectivity index (χ3n) is 1.28. The van der Waals surface area contributed by atoms with Crippen LogP contribution in [0.2, 0.25) is 0 Å². The van der Waals surface area contributed by atoms with Crippen molar-refractivity contribution < 1.29 is 9.59 Å². The molecule has 0 aliphatic carbocycles. The molecule has 1 aromatic carbocycles. The van der Waals surface area contributed by atoms with E-state index in [1.165, 1.54) is 12.1 Å². The number of carbonyl (C=O) groups is 2. The van der Waals surface area contributed by atoms with E-state index in [0.29, 0.717) is 11.8 Å². The summed E-state index contributed by atoms with van der Waals surface area (Å²) >= 11 is 0. The van der Waals surface area contributed by atoms with Gasteiger partial charge in [0, 0.05) is 11.1 Å². The van der Waals surface area contributed by atoms with Crippen molar-refractivity contribution in [2.75, 3.05) is 0 Å². The molecule has 0 saturated heterocycles. The monoisotopic (exact) mass is 148 g/mol.